The third kappa shape index (κ3) is 4.72. The molecule has 2 heterocycles. The van der Waals surface area contributed by atoms with Crippen LogP contribution in [0.3, 0.4) is 0 Å². The van der Waals surface area contributed by atoms with Crippen LogP contribution in [0.15, 0.2) is 21.3 Å². The molecule has 1 fully saturated rings. The van der Waals surface area contributed by atoms with Crippen molar-refractivity contribution in [3.05, 3.63) is 39.2 Å². The van der Waals surface area contributed by atoms with E-state index in [4.69, 9.17) is 9.15 Å². The molecule has 3 rings (SSSR count). The Bertz CT molecular complexity index is 900. The Balaban J connectivity index is 1.53. The van der Waals surface area contributed by atoms with E-state index in [0.29, 0.717) is 29.7 Å². The van der Waals surface area contributed by atoms with Crippen molar-refractivity contribution in [3.8, 4) is 5.75 Å². The Morgan fingerprint density at radius 2 is 1.96 bits per heavy atom. The summed E-state index contributed by atoms with van der Waals surface area (Å²) in [5, 5.41) is 13.5. The molecule has 0 bridgehead atoms. The van der Waals surface area contributed by atoms with E-state index in [1.165, 1.54) is 0 Å². The van der Waals surface area contributed by atoms with Crippen LogP contribution >= 0.6 is 0 Å². The molecule has 1 aromatic heterocycles. The number of nitrogens with zero attached hydrogens (tertiary/aromatic N) is 1. The van der Waals surface area contributed by atoms with Gasteiger partial charge in [0.2, 0.25) is 5.91 Å². The van der Waals surface area contributed by atoms with Gasteiger partial charge in [0, 0.05) is 42.6 Å². The van der Waals surface area contributed by atoms with Crippen LogP contribution < -0.4 is 10.9 Å². The normalized spacial score (nSPS) is 15.1. The Morgan fingerprint density at radius 1 is 1.21 bits per heavy atom. The van der Waals surface area contributed by atoms with E-state index in [0.717, 1.165) is 50.2 Å². The van der Waals surface area contributed by atoms with Crippen LogP contribution in [0.4, 0.5) is 0 Å². The summed E-state index contributed by atoms with van der Waals surface area (Å²) >= 11 is 0. The quantitative estimate of drug-likeness (QED) is 0.556. The van der Waals surface area contributed by atoms with Crippen molar-refractivity contribution in [2.75, 3.05) is 39.4 Å². The standard InChI is InChI=1S/C21H28N2O5/c1-14-16-4-6-18(24)15(2)20(16)28-21(26)17(14)5-7-19(25)22-8-3-9-23-10-12-27-13-11-23/h4,6,24H,3,5,7-13H2,1-2H3,(H,22,25). The first-order valence-corrected chi connectivity index (χ1v) is 9.79. The first-order valence-electron chi connectivity index (χ1n) is 9.79. The minimum atomic E-state index is -0.446. The van der Waals surface area contributed by atoms with Gasteiger partial charge in [0.05, 0.1) is 13.2 Å². The summed E-state index contributed by atoms with van der Waals surface area (Å²) in [7, 11) is 0. The van der Waals surface area contributed by atoms with Crippen molar-refractivity contribution >= 4 is 16.9 Å². The fourth-order valence-corrected chi connectivity index (χ4v) is 3.55. The maximum absolute atomic E-state index is 12.4. The van der Waals surface area contributed by atoms with Crippen molar-refractivity contribution < 1.29 is 19.1 Å². The number of carbonyl (C=O) groups is 1. The predicted molar refractivity (Wildman–Crippen MR) is 107 cm³/mol. The van der Waals surface area contributed by atoms with Gasteiger partial charge in [-0.2, -0.15) is 0 Å². The molecule has 7 nitrogen and oxygen atoms in total. The van der Waals surface area contributed by atoms with E-state index >= 15 is 0 Å². The van der Waals surface area contributed by atoms with Gasteiger partial charge < -0.3 is 19.6 Å². The number of aromatic hydroxyl groups is 1. The van der Waals surface area contributed by atoms with E-state index in [-0.39, 0.29) is 18.1 Å². The molecule has 0 radical (unpaired) electrons. The highest BCUT2D eigenvalue weighted by Gasteiger charge is 2.15. The highest BCUT2D eigenvalue weighted by molar-refractivity contribution is 5.85. The van der Waals surface area contributed by atoms with Crippen molar-refractivity contribution in [3.63, 3.8) is 0 Å². The van der Waals surface area contributed by atoms with Crippen LogP contribution in [0.25, 0.3) is 11.0 Å². The van der Waals surface area contributed by atoms with E-state index in [1.807, 2.05) is 6.92 Å². The average Bonchev–Trinajstić information content (AvgIpc) is 2.69. The number of phenols is 1. The molecule has 1 aliphatic rings. The average molecular weight is 388 g/mol. The van der Waals surface area contributed by atoms with Crippen LogP contribution in [0.5, 0.6) is 5.75 Å². The number of rotatable bonds is 7. The minimum absolute atomic E-state index is 0.0669. The number of fused-ring (bicyclic) bond motifs is 1. The smallest absolute Gasteiger partial charge is 0.339 e. The molecule has 152 valence electrons. The third-order valence-corrected chi connectivity index (χ3v) is 5.35. The van der Waals surface area contributed by atoms with Gasteiger partial charge in [-0.3, -0.25) is 9.69 Å². The molecule has 0 spiro atoms. The summed E-state index contributed by atoms with van der Waals surface area (Å²) in [6.07, 6.45) is 1.47. The summed E-state index contributed by atoms with van der Waals surface area (Å²) in [5.74, 6) is 0.0296. The zero-order valence-electron chi connectivity index (χ0n) is 16.5. The minimum Gasteiger partial charge on any atom is -0.508 e. The first-order chi connectivity index (χ1) is 13.5. The van der Waals surface area contributed by atoms with Crippen molar-refractivity contribution in [2.45, 2.75) is 33.1 Å². The topological polar surface area (TPSA) is 92.0 Å². The number of aryl methyl sites for hydroxylation is 2. The van der Waals surface area contributed by atoms with Gasteiger partial charge in [-0.15, -0.1) is 0 Å². The molecule has 28 heavy (non-hydrogen) atoms. The van der Waals surface area contributed by atoms with Gasteiger partial charge in [-0.25, -0.2) is 4.79 Å². The number of hydrogen-bond acceptors (Lipinski definition) is 6. The largest absolute Gasteiger partial charge is 0.508 e. The van der Waals surface area contributed by atoms with Crippen LogP contribution in [0.2, 0.25) is 0 Å². The lowest BCUT2D eigenvalue weighted by molar-refractivity contribution is -0.121. The van der Waals surface area contributed by atoms with E-state index in [1.54, 1.807) is 19.1 Å². The van der Waals surface area contributed by atoms with Gasteiger partial charge >= 0.3 is 5.63 Å². The lowest BCUT2D eigenvalue weighted by Crippen LogP contribution is -2.38. The Labute approximate surface area is 164 Å². The number of morpholine rings is 1. The molecular weight excluding hydrogens is 360 g/mol. The van der Waals surface area contributed by atoms with Gasteiger partial charge in [-0.1, -0.05) is 0 Å². The van der Waals surface area contributed by atoms with Gasteiger partial charge in [0.15, 0.2) is 0 Å². The molecule has 0 unspecified atom stereocenters. The molecule has 1 aromatic carbocycles. The van der Waals surface area contributed by atoms with E-state index < -0.39 is 5.63 Å². The first kappa shape index (κ1) is 20.4. The van der Waals surface area contributed by atoms with Crippen LogP contribution in [-0.2, 0) is 16.0 Å². The van der Waals surface area contributed by atoms with Crippen molar-refractivity contribution in [1.29, 1.82) is 0 Å². The number of benzene rings is 1. The summed E-state index contributed by atoms with van der Waals surface area (Å²) in [4.78, 5) is 26.8. The SMILES string of the molecule is Cc1c(CCC(=O)NCCCN2CCOCC2)c(=O)oc2c(C)c(O)ccc12. The molecule has 7 heteroatoms. The lowest BCUT2D eigenvalue weighted by atomic mass is 10.0. The number of nitrogens with one attached hydrogen (secondary N) is 1. The zero-order chi connectivity index (χ0) is 20.1. The molecule has 0 atom stereocenters. The van der Waals surface area contributed by atoms with Crippen molar-refractivity contribution in [2.24, 2.45) is 0 Å². The monoisotopic (exact) mass is 388 g/mol. The lowest BCUT2D eigenvalue weighted by Gasteiger charge is -2.26. The summed E-state index contributed by atoms with van der Waals surface area (Å²) in [6, 6.07) is 3.33. The Kier molecular flexibility index (Phi) is 6.70. The third-order valence-electron chi connectivity index (χ3n) is 5.35. The van der Waals surface area contributed by atoms with Crippen molar-refractivity contribution in [1.82, 2.24) is 10.2 Å². The van der Waals surface area contributed by atoms with Crippen LogP contribution in [-0.4, -0.2) is 55.3 Å². The zero-order valence-corrected chi connectivity index (χ0v) is 16.5. The summed E-state index contributed by atoms with van der Waals surface area (Å²) in [5.41, 5.74) is 1.82. The van der Waals surface area contributed by atoms with E-state index in [2.05, 4.69) is 10.2 Å². The van der Waals surface area contributed by atoms with Gasteiger partial charge in [-0.05, 0) is 50.9 Å². The number of hydrogen-bond donors (Lipinski definition) is 2. The molecule has 0 aliphatic carbocycles. The molecule has 1 amide bonds. The molecule has 1 saturated heterocycles. The predicted octanol–water partition coefficient (Wildman–Crippen LogP) is 1.89. The number of amides is 1. The highest BCUT2D eigenvalue weighted by atomic mass is 16.5. The second kappa shape index (κ2) is 9.21. The molecule has 2 aromatic rings. The molecule has 0 saturated carbocycles. The molecule has 2 N–H and O–H groups in total. The fraction of sp³-hybridized carbons (Fsp3) is 0.524. The molecule has 1 aliphatic heterocycles. The molecular formula is C21H28N2O5. The summed E-state index contributed by atoms with van der Waals surface area (Å²) in [6.45, 7) is 8.58. The van der Waals surface area contributed by atoms with E-state index in [9.17, 15) is 14.7 Å². The number of carbonyl (C=O) groups excluding carboxylic acids is 1. The van der Waals surface area contributed by atoms with Gasteiger partial charge in [0.25, 0.3) is 0 Å². The second-order valence-corrected chi connectivity index (χ2v) is 7.24. The van der Waals surface area contributed by atoms with Crippen LogP contribution in [0.1, 0.15) is 29.5 Å². The number of ether oxygens (including phenoxy) is 1. The van der Waals surface area contributed by atoms with Crippen LogP contribution in [0, 0.1) is 13.8 Å². The van der Waals surface area contributed by atoms with Gasteiger partial charge in [0.1, 0.15) is 11.3 Å². The Hall–Kier alpha value is -2.38. The number of phenolic OH excluding ortho intramolecular Hbond substituents is 1. The fourth-order valence-electron chi connectivity index (χ4n) is 3.55. The maximum Gasteiger partial charge on any atom is 0.339 e. The second-order valence-electron chi connectivity index (χ2n) is 7.24. The Morgan fingerprint density at radius 3 is 2.71 bits per heavy atom. The maximum atomic E-state index is 12.4. The highest BCUT2D eigenvalue weighted by Crippen LogP contribution is 2.28. The summed E-state index contributed by atoms with van der Waals surface area (Å²) < 4.78 is 10.7.